The quantitative estimate of drug-likeness (QED) is 0.331. The molecule has 0 saturated heterocycles. The lowest BCUT2D eigenvalue weighted by Crippen LogP contribution is -2.43. The number of hydrogen-bond acceptors (Lipinski definition) is 3. The van der Waals surface area contributed by atoms with Crippen LogP contribution in [0.25, 0.3) is 0 Å². The molecule has 36 heavy (non-hydrogen) atoms. The summed E-state index contributed by atoms with van der Waals surface area (Å²) in [5.74, 6) is -0.226. The molecule has 2 aromatic carbocycles. The summed E-state index contributed by atoms with van der Waals surface area (Å²) in [5, 5.41) is 0. The number of halogens is 1. The van der Waals surface area contributed by atoms with Gasteiger partial charge in [-0.25, -0.2) is 4.39 Å². The minimum Gasteiger partial charge on any atom is -0.385 e. The molecule has 1 aromatic heterocycles. The lowest BCUT2D eigenvalue weighted by atomic mass is 10.2. The van der Waals surface area contributed by atoms with Crippen LogP contribution in [0, 0.1) is 11.7 Å². The molecule has 1 saturated carbocycles. The third kappa shape index (κ3) is 7.28. The zero-order chi connectivity index (χ0) is 25.3. The fourth-order valence-electron chi connectivity index (χ4n) is 4.28. The number of amides is 2. The number of nitrogens with zero attached hydrogens (tertiary/aromatic N) is 3. The monoisotopic (exact) mass is 491 g/mol. The van der Waals surface area contributed by atoms with E-state index in [9.17, 15) is 14.0 Å². The second kappa shape index (κ2) is 12.5. The number of aromatic nitrogens is 1. The molecule has 0 N–H and O–H groups in total. The zero-order valence-electron chi connectivity index (χ0n) is 20.8. The second-order valence-electron chi connectivity index (χ2n) is 9.37. The van der Waals surface area contributed by atoms with Crippen LogP contribution in [0.15, 0.2) is 72.9 Å². The molecule has 0 spiro atoms. The van der Waals surface area contributed by atoms with Crippen molar-refractivity contribution >= 4 is 11.8 Å². The van der Waals surface area contributed by atoms with E-state index in [2.05, 4.69) is 4.57 Å². The maximum absolute atomic E-state index is 13.6. The van der Waals surface area contributed by atoms with Gasteiger partial charge in [-0.05, 0) is 54.7 Å². The van der Waals surface area contributed by atoms with Gasteiger partial charge in [-0.3, -0.25) is 9.59 Å². The Labute approximate surface area is 212 Å². The van der Waals surface area contributed by atoms with Crippen LogP contribution in [0.5, 0.6) is 0 Å². The maximum atomic E-state index is 13.6. The highest BCUT2D eigenvalue weighted by Crippen LogP contribution is 2.31. The summed E-state index contributed by atoms with van der Waals surface area (Å²) in [7, 11) is 1.64. The Hall–Kier alpha value is -3.45. The first kappa shape index (κ1) is 25.6. The van der Waals surface area contributed by atoms with E-state index in [0.29, 0.717) is 39.2 Å². The number of hydrogen-bond donors (Lipinski definition) is 0. The van der Waals surface area contributed by atoms with Gasteiger partial charge in [0.2, 0.25) is 11.8 Å². The van der Waals surface area contributed by atoms with Gasteiger partial charge in [0.1, 0.15) is 5.82 Å². The molecule has 1 fully saturated rings. The van der Waals surface area contributed by atoms with Gasteiger partial charge < -0.3 is 19.1 Å². The van der Waals surface area contributed by atoms with Crippen molar-refractivity contribution in [1.29, 1.82) is 0 Å². The number of ether oxygens (including phenoxy) is 1. The van der Waals surface area contributed by atoms with E-state index in [-0.39, 0.29) is 30.1 Å². The molecule has 0 radical (unpaired) electrons. The van der Waals surface area contributed by atoms with E-state index in [1.54, 1.807) is 24.1 Å². The molecule has 0 atom stereocenters. The Balaban J connectivity index is 1.51. The van der Waals surface area contributed by atoms with Crippen LogP contribution in [0.1, 0.15) is 36.1 Å². The zero-order valence-corrected chi connectivity index (χ0v) is 20.8. The molecule has 0 bridgehead atoms. The Bertz CT molecular complexity index is 1130. The maximum Gasteiger partial charge on any atom is 0.242 e. The van der Waals surface area contributed by atoms with Gasteiger partial charge in [0.05, 0.1) is 13.1 Å². The highest BCUT2D eigenvalue weighted by molar-refractivity contribution is 5.87. The van der Waals surface area contributed by atoms with E-state index >= 15 is 0 Å². The lowest BCUT2D eigenvalue weighted by Gasteiger charge is -2.28. The van der Waals surface area contributed by atoms with Crippen molar-refractivity contribution in [1.82, 2.24) is 14.4 Å². The Morgan fingerprint density at radius 3 is 2.39 bits per heavy atom. The highest BCUT2D eigenvalue weighted by atomic mass is 19.1. The van der Waals surface area contributed by atoms with Crippen LogP contribution in [-0.4, -0.2) is 53.0 Å². The average molecular weight is 492 g/mol. The third-order valence-electron chi connectivity index (χ3n) is 6.45. The van der Waals surface area contributed by atoms with Gasteiger partial charge in [-0.1, -0.05) is 42.5 Å². The molecular weight excluding hydrogens is 457 g/mol. The lowest BCUT2D eigenvalue weighted by molar-refractivity contribution is -0.142. The van der Waals surface area contributed by atoms with Crippen molar-refractivity contribution in [3.05, 3.63) is 95.6 Å². The summed E-state index contributed by atoms with van der Waals surface area (Å²) in [6.45, 7) is 2.56. The van der Waals surface area contributed by atoms with Crippen LogP contribution in [0.2, 0.25) is 0 Å². The van der Waals surface area contributed by atoms with Gasteiger partial charge in [0, 0.05) is 51.2 Å². The van der Waals surface area contributed by atoms with Crippen LogP contribution in [0.4, 0.5) is 4.39 Å². The molecule has 1 aliphatic carbocycles. The number of carbonyl (C=O) groups is 2. The summed E-state index contributed by atoms with van der Waals surface area (Å²) in [4.78, 5) is 30.0. The topological polar surface area (TPSA) is 54.8 Å². The predicted molar refractivity (Wildman–Crippen MR) is 136 cm³/mol. The Kier molecular flexibility index (Phi) is 8.90. The fourth-order valence-corrected chi connectivity index (χ4v) is 4.28. The SMILES string of the molecule is COCCCN(CC(=O)N(Cc1ccccc1)Cc1cccn1Cc1ccc(F)cc1)C(=O)C1CC1. The highest BCUT2D eigenvalue weighted by Gasteiger charge is 2.34. The number of rotatable bonds is 13. The molecule has 3 aromatic rings. The molecule has 0 unspecified atom stereocenters. The molecule has 1 aliphatic rings. The van der Waals surface area contributed by atoms with Crippen molar-refractivity contribution in [2.24, 2.45) is 5.92 Å². The van der Waals surface area contributed by atoms with Crippen molar-refractivity contribution in [3.63, 3.8) is 0 Å². The van der Waals surface area contributed by atoms with Gasteiger partial charge >= 0.3 is 0 Å². The number of benzene rings is 2. The molecule has 6 nitrogen and oxygen atoms in total. The molecule has 190 valence electrons. The van der Waals surface area contributed by atoms with E-state index in [0.717, 1.165) is 29.7 Å². The fraction of sp³-hybridized carbons (Fsp3) is 0.379. The minimum absolute atomic E-state index is 0.0517. The van der Waals surface area contributed by atoms with Gasteiger partial charge in [-0.2, -0.15) is 0 Å². The van der Waals surface area contributed by atoms with E-state index < -0.39 is 0 Å². The second-order valence-corrected chi connectivity index (χ2v) is 9.37. The van der Waals surface area contributed by atoms with Crippen LogP contribution in [-0.2, 0) is 34.0 Å². The first-order valence-corrected chi connectivity index (χ1v) is 12.5. The van der Waals surface area contributed by atoms with Gasteiger partial charge in [0.25, 0.3) is 0 Å². The first-order chi connectivity index (χ1) is 17.5. The average Bonchev–Trinajstić information content (AvgIpc) is 3.65. The van der Waals surface area contributed by atoms with Gasteiger partial charge in [-0.15, -0.1) is 0 Å². The van der Waals surface area contributed by atoms with Gasteiger partial charge in [0.15, 0.2) is 0 Å². The van der Waals surface area contributed by atoms with Crippen LogP contribution < -0.4 is 0 Å². The summed E-state index contributed by atoms with van der Waals surface area (Å²) in [6, 6.07) is 20.3. The van der Waals surface area contributed by atoms with Crippen LogP contribution in [0.3, 0.4) is 0 Å². The van der Waals surface area contributed by atoms with Crippen LogP contribution >= 0.6 is 0 Å². The normalized spacial score (nSPS) is 12.9. The van der Waals surface area contributed by atoms with E-state index in [1.807, 2.05) is 53.6 Å². The third-order valence-corrected chi connectivity index (χ3v) is 6.45. The van der Waals surface area contributed by atoms with E-state index in [4.69, 9.17) is 4.74 Å². The molecule has 1 heterocycles. The Morgan fingerprint density at radius 2 is 1.69 bits per heavy atom. The smallest absolute Gasteiger partial charge is 0.242 e. The van der Waals surface area contributed by atoms with Crippen molar-refractivity contribution in [2.45, 2.75) is 38.9 Å². The predicted octanol–water partition coefficient (Wildman–Crippen LogP) is 4.48. The molecular formula is C29H34FN3O3. The summed E-state index contributed by atoms with van der Waals surface area (Å²) in [5.41, 5.74) is 2.99. The summed E-state index contributed by atoms with van der Waals surface area (Å²) >= 11 is 0. The molecule has 2 amide bonds. The number of methoxy groups -OCH3 is 1. The largest absolute Gasteiger partial charge is 0.385 e. The van der Waals surface area contributed by atoms with Crippen molar-refractivity contribution in [2.75, 3.05) is 26.8 Å². The summed E-state index contributed by atoms with van der Waals surface area (Å²) in [6.07, 6.45) is 4.47. The Morgan fingerprint density at radius 1 is 0.944 bits per heavy atom. The first-order valence-electron chi connectivity index (χ1n) is 12.5. The number of carbonyl (C=O) groups excluding carboxylic acids is 2. The van der Waals surface area contributed by atoms with E-state index in [1.165, 1.54) is 12.1 Å². The minimum atomic E-state index is -0.262. The standard InChI is InChI=1S/C29H34FN3O3/c1-36-18-6-17-32(29(35)25-12-13-25)22-28(34)33(20-23-7-3-2-4-8-23)21-27-9-5-16-31(27)19-24-10-14-26(30)15-11-24/h2-5,7-11,14-16,25H,6,12-13,17-22H2,1H3. The molecule has 4 rings (SSSR count). The molecule has 7 heteroatoms. The molecule has 0 aliphatic heterocycles. The van der Waals surface area contributed by atoms with Crippen molar-refractivity contribution in [3.8, 4) is 0 Å². The summed E-state index contributed by atoms with van der Waals surface area (Å²) < 4.78 is 20.6. The van der Waals surface area contributed by atoms with Crippen molar-refractivity contribution < 1.29 is 18.7 Å².